The molecule has 0 amide bonds. The van der Waals surface area contributed by atoms with Crippen molar-refractivity contribution in [3.05, 3.63) is 24.3 Å². The molecule has 0 aromatic heterocycles. The second kappa shape index (κ2) is 7.48. The fourth-order valence-corrected chi connectivity index (χ4v) is 8.39. The van der Waals surface area contributed by atoms with Crippen molar-refractivity contribution in [1.29, 1.82) is 0 Å². The first kappa shape index (κ1) is 25.1. The van der Waals surface area contributed by atoms with Gasteiger partial charge in [-0.2, -0.15) is 26.3 Å². The van der Waals surface area contributed by atoms with Gasteiger partial charge >= 0.3 is 11.0 Å². The second-order valence-corrected chi connectivity index (χ2v) is 11.5. The van der Waals surface area contributed by atoms with Gasteiger partial charge in [0.25, 0.3) is 23.9 Å². The van der Waals surface area contributed by atoms with Gasteiger partial charge in [-0.15, -0.1) is 0 Å². The first-order chi connectivity index (χ1) is 13.4. The largest absolute Gasteiger partial charge is 0.501 e. The van der Waals surface area contributed by atoms with Crippen molar-refractivity contribution in [2.24, 2.45) is 17.8 Å². The molecule has 4 unspecified atom stereocenters. The molecule has 4 atom stereocenters. The van der Waals surface area contributed by atoms with Gasteiger partial charge in [0, 0.05) is 12.5 Å². The Kier molecular flexibility index (Phi) is 6.27. The van der Waals surface area contributed by atoms with Crippen LogP contribution in [0.15, 0.2) is 24.3 Å². The number of fused-ring (bicyclic) bond motifs is 2. The van der Waals surface area contributed by atoms with E-state index in [0.717, 1.165) is 6.92 Å². The first-order valence-corrected chi connectivity index (χ1v) is 11.6. The highest BCUT2D eigenvalue weighted by atomic mass is 32.3. The summed E-state index contributed by atoms with van der Waals surface area (Å²) in [5.41, 5.74) is -12.4. The number of hydrogen-bond acceptors (Lipinski definition) is 6. The third kappa shape index (κ3) is 3.39. The van der Waals surface area contributed by atoms with E-state index in [9.17, 15) is 43.2 Å². The first-order valence-electron chi connectivity index (χ1n) is 8.66. The molecular formula is C16H20F6O6S2. The van der Waals surface area contributed by atoms with E-state index in [2.05, 4.69) is 17.9 Å². The van der Waals surface area contributed by atoms with E-state index in [0.29, 0.717) is 5.57 Å². The maximum atomic E-state index is 13.6. The molecule has 6 nitrogen and oxygen atoms in total. The third-order valence-corrected chi connectivity index (χ3v) is 10.3. The van der Waals surface area contributed by atoms with E-state index in [1.54, 1.807) is 0 Å². The van der Waals surface area contributed by atoms with Crippen molar-refractivity contribution in [2.45, 2.75) is 48.3 Å². The van der Waals surface area contributed by atoms with Crippen molar-refractivity contribution in [3.63, 3.8) is 0 Å². The summed E-state index contributed by atoms with van der Waals surface area (Å²) in [7, 11) is -14.2. The Morgan fingerprint density at radius 2 is 1.43 bits per heavy atom. The number of rotatable bonds is 7. The molecule has 14 heteroatoms. The molecule has 0 heterocycles. The molecule has 0 N–H and O–H groups in total. The number of allylic oxidation sites excluding steroid dienone is 2. The number of halogens is 6. The average Bonchev–Trinajstić information content (AvgIpc) is 3.11. The lowest BCUT2D eigenvalue weighted by Gasteiger charge is -2.42. The Labute approximate surface area is 169 Å². The molecule has 2 aliphatic carbocycles. The van der Waals surface area contributed by atoms with Crippen LogP contribution in [0.3, 0.4) is 0 Å². The summed E-state index contributed by atoms with van der Waals surface area (Å²) in [5, 5.41) is 0. The van der Waals surface area contributed by atoms with Gasteiger partial charge in [0.15, 0.2) is 6.29 Å². The van der Waals surface area contributed by atoms with Crippen LogP contribution in [-0.4, -0.2) is 45.0 Å². The van der Waals surface area contributed by atoms with E-state index in [4.69, 9.17) is 4.74 Å². The SMILES string of the molecule is C=C1C(=C)C2CC1CC2C(OC(C)OCC)(S(=O)(=O)C(F)(F)F)S(=O)(=O)C(F)(F)F. The van der Waals surface area contributed by atoms with E-state index in [-0.39, 0.29) is 18.6 Å². The summed E-state index contributed by atoms with van der Waals surface area (Å²) in [6.07, 6.45) is -2.72. The Bertz CT molecular complexity index is 890. The van der Waals surface area contributed by atoms with Crippen LogP contribution in [0, 0.1) is 17.8 Å². The standard InChI is InChI=1S/C16H20F6O6S2/c1-5-27-10(4)28-14(29(23,24)15(17,18)19,30(25,26)16(20,21)22)13-7-11-6-12(13)9(3)8(11)2/h10-13H,2-3,5-7H2,1,4H3. The van der Waals surface area contributed by atoms with Crippen molar-refractivity contribution < 1.29 is 52.7 Å². The molecular weight excluding hydrogens is 466 g/mol. The molecule has 0 spiro atoms. The Morgan fingerprint density at radius 3 is 1.77 bits per heavy atom. The fraction of sp³-hybridized carbons (Fsp3) is 0.750. The zero-order valence-corrected chi connectivity index (χ0v) is 17.5. The summed E-state index contributed by atoms with van der Waals surface area (Å²) in [4.78, 5) is 0. The minimum Gasteiger partial charge on any atom is -0.353 e. The van der Waals surface area contributed by atoms with Crippen LogP contribution in [-0.2, 0) is 29.1 Å². The fourth-order valence-electron chi connectivity index (χ4n) is 4.18. The predicted molar refractivity (Wildman–Crippen MR) is 92.8 cm³/mol. The van der Waals surface area contributed by atoms with Crippen LogP contribution in [0.5, 0.6) is 0 Å². The molecule has 0 aromatic carbocycles. The van der Waals surface area contributed by atoms with Crippen molar-refractivity contribution in [2.75, 3.05) is 6.61 Å². The zero-order valence-electron chi connectivity index (χ0n) is 15.9. The highest BCUT2D eigenvalue weighted by Crippen LogP contribution is 2.62. The molecule has 30 heavy (non-hydrogen) atoms. The summed E-state index contributed by atoms with van der Waals surface area (Å²) in [6.45, 7) is 9.01. The highest BCUT2D eigenvalue weighted by molar-refractivity contribution is 8.10. The van der Waals surface area contributed by atoms with Gasteiger partial charge in [-0.1, -0.05) is 13.2 Å². The quantitative estimate of drug-likeness (QED) is 0.403. The van der Waals surface area contributed by atoms with Gasteiger partial charge in [-0.25, -0.2) is 16.8 Å². The number of ether oxygens (including phenoxy) is 2. The van der Waals surface area contributed by atoms with Crippen LogP contribution >= 0.6 is 0 Å². The molecule has 0 aliphatic heterocycles. The Hall–Kier alpha value is -1.12. The molecule has 0 radical (unpaired) electrons. The molecule has 2 bridgehead atoms. The molecule has 2 aliphatic rings. The smallest absolute Gasteiger partial charge is 0.353 e. The van der Waals surface area contributed by atoms with Gasteiger partial charge < -0.3 is 9.47 Å². The topological polar surface area (TPSA) is 86.7 Å². The second-order valence-electron chi connectivity index (χ2n) is 7.07. The molecule has 2 rings (SSSR count). The number of alkyl halides is 6. The predicted octanol–water partition coefficient (Wildman–Crippen LogP) is 3.68. The summed E-state index contributed by atoms with van der Waals surface area (Å²) < 4.78 is 136. The van der Waals surface area contributed by atoms with Gasteiger partial charge in [0.05, 0.1) is 0 Å². The lowest BCUT2D eigenvalue weighted by atomic mass is 9.83. The molecule has 0 aromatic rings. The molecule has 2 saturated carbocycles. The lowest BCUT2D eigenvalue weighted by Crippen LogP contribution is -2.64. The van der Waals surface area contributed by atoms with E-state index < -0.39 is 65.4 Å². The monoisotopic (exact) mass is 486 g/mol. The summed E-state index contributed by atoms with van der Waals surface area (Å²) >= 11 is 0. The van der Waals surface area contributed by atoms with Crippen LogP contribution in [0.4, 0.5) is 26.3 Å². The lowest BCUT2D eigenvalue weighted by molar-refractivity contribution is -0.171. The van der Waals surface area contributed by atoms with E-state index >= 15 is 0 Å². The minimum atomic E-state index is -7.08. The van der Waals surface area contributed by atoms with Crippen molar-refractivity contribution in [1.82, 2.24) is 0 Å². The Morgan fingerprint density at radius 1 is 0.967 bits per heavy atom. The molecule has 174 valence electrons. The summed E-state index contributed by atoms with van der Waals surface area (Å²) in [6, 6.07) is 0. The van der Waals surface area contributed by atoms with Crippen molar-refractivity contribution >= 4 is 19.7 Å². The number of hydrogen-bond donors (Lipinski definition) is 0. The van der Waals surface area contributed by atoms with Crippen LogP contribution in [0.25, 0.3) is 0 Å². The van der Waals surface area contributed by atoms with Crippen LogP contribution in [0.2, 0.25) is 0 Å². The van der Waals surface area contributed by atoms with Gasteiger partial charge in [-0.3, -0.25) is 0 Å². The van der Waals surface area contributed by atoms with Gasteiger partial charge in [0.1, 0.15) is 0 Å². The van der Waals surface area contributed by atoms with E-state index in [1.807, 2.05) is 0 Å². The van der Waals surface area contributed by atoms with Crippen LogP contribution in [0.1, 0.15) is 26.7 Å². The van der Waals surface area contributed by atoms with Gasteiger partial charge in [0.2, 0.25) is 0 Å². The van der Waals surface area contributed by atoms with Gasteiger partial charge in [-0.05, 0) is 49.7 Å². The highest BCUT2D eigenvalue weighted by Gasteiger charge is 2.79. The average molecular weight is 486 g/mol. The normalized spacial score (nSPS) is 27.0. The maximum absolute atomic E-state index is 13.6. The zero-order chi connectivity index (χ0) is 23.5. The van der Waals surface area contributed by atoms with Crippen molar-refractivity contribution in [3.8, 4) is 0 Å². The Balaban J connectivity index is 2.91. The van der Waals surface area contributed by atoms with E-state index in [1.165, 1.54) is 6.92 Å². The minimum absolute atomic E-state index is 0.00281. The van der Waals surface area contributed by atoms with Crippen LogP contribution < -0.4 is 0 Å². The summed E-state index contributed by atoms with van der Waals surface area (Å²) in [5.74, 6) is -4.25. The third-order valence-electron chi connectivity index (χ3n) is 5.46. The molecule has 2 fully saturated rings. The maximum Gasteiger partial charge on any atom is 0.501 e. The number of sulfone groups is 2. The molecule has 0 saturated heterocycles.